The van der Waals surface area contributed by atoms with Crippen LogP contribution in [0.25, 0.3) is 0 Å². The highest BCUT2D eigenvalue weighted by molar-refractivity contribution is 7.11. The molecule has 1 heterocycles. The fraction of sp³-hybridized carbons (Fsp3) is 0.778. The molecule has 0 aliphatic heterocycles. The molecule has 1 aromatic rings. The summed E-state index contributed by atoms with van der Waals surface area (Å²) >= 11 is 1.77. The number of hydrogen-bond acceptors (Lipinski definition) is 4. The molecular formula is C9H15N3S. The van der Waals surface area contributed by atoms with E-state index in [-0.39, 0.29) is 0 Å². The summed E-state index contributed by atoms with van der Waals surface area (Å²) in [6, 6.07) is 0. The van der Waals surface area contributed by atoms with Gasteiger partial charge in [0.15, 0.2) is 0 Å². The Morgan fingerprint density at radius 2 is 2.31 bits per heavy atom. The van der Waals surface area contributed by atoms with E-state index in [4.69, 9.17) is 5.73 Å². The van der Waals surface area contributed by atoms with Crippen LogP contribution in [0.3, 0.4) is 0 Å². The lowest BCUT2D eigenvalue weighted by Gasteiger charge is -1.89. The second kappa shape index (κ2) is 3.72. The summed E-state index contributed by atoms with van der Waals surface area (Å²) in [7, 11) is 0. The molecule has 1 aromatic heterocycles. The fourth-order valence-electron chi connectivity index (χ4n) is 1.44. The third-order valence-electron chi connectivity index (χ3n) is 2.50. The van der Waals surface area contributed by atoms with Crippen LogP contribution >= 0.6 is 11.3 Å². The molecule has 13 heavy (non-hydrogen) atoms. The Morgan fingerprint density at radius 3 is 2.92 bits per heavy atom. The molecule has 0 saturated heterocycles. The van der Waals surface area contributed by atoms with Gasteiger partial charge in [-0.15, -0.1) is 21.5 Å². The summed E-state index contributed by atoms with van der Waals surface area (Å²) in [4.78, 5) is 0. The van der Waals surface area contributed by atoms with Crippen LogP contribution < -0.4 is 5.73 Å². The molecule has 2 atom stereocenters. The van der Waals surface area contributed by atoms with Crippen LogP contribution in [0.5, 0.6) is 0 Å². The summed E-state index contributed by atoms with van der Waals surface area (Å²) in [5, 5.41) is 10.8. The van der Waals surface area contributed by atoms with Gasteiger partial charge in [-0.1, -0.05) is 6.92 Å². The van der Waals surface area contributed by atoms with Gasteiger partial charge in [0, 0.05) is 12.3 Å². The summed E-state index contributed by atoms with van der Waals surface area (Å²) in [5.41, 5.74) is 5.43. The van der Waals surface area contributed by atoms with Crippen molar-refractivity contribution in [1.29, 1.82) is 0 Å². The predicted octanol–water partition coefficient (Wildman–Crippen LogP) is 1.55. The van der Waals surface area contributed by atoms with Gasteiger partial charge in [0.05, 0.1) is 0 Å². The average molecular weight is 197 g/mol. The zero-order valence-corrected chi connectivity index (χ0v) is 8.68. The number of rotatable bonds is 4. The van der Waals surface area contributed by atoms with E-state index in [1.165, 1.54) is 11.4 Å². The first-order valence-electron chi connectivity index (χ1n) is 4.83. The van der Waals surface area contributed by atoms with Crippen LogP contribution in [0, 0.1) is 5.92 Å². The first kappa shape index (κ1) is 9.09. The van der Waals surface area contributed by atoms with Gasteiger partial charge in [-0.05, 0) is 25.3 Å². The number of hydrogen-bond donors (Lipinski definition) is 1. The fourth-order valence-corrected chi connectivity index (χ4v) is 2.57. The molecular weight excluding hydrogens is 182 g/mol. The quantitative estimate of drug-likeness (QED) is 0.796. The summed E-state index contributed by atoms with van der Waals surface area (Å²) < 4.78 is 0. The molecule has 1 saturated carbocycles. The van der Waals surface area contributed by atoms with Gasteiger partial charge in [0.25, 0.3) is 0 Å². The standard InChI is InChI=1S/C9H15N3S/c1-6-5-7(6)9-12-11-8(13-9)3-2-4-10/h6-7H,2-5,10H2,1H3. The van der Waals surface area contributed by atoms with Crippen LogP contribution in [-0.4, -0.2) is 16.7 Å². The number of aromatic nitrogens is 2. The maximum Gasteiger partial charge on any atom is 0.120 e. The predicted molar refractivity (Wildman–Crippen MR) is 53.8 cm³/mol. The van der Waals surface area contributed by atoms with Crippen molar-refractivity contribution in [2.24, 2.45) is 11.7 Å². The van der Waals surface area contributed by atoms with Gasteiger partial charge in [-0.2, -0.15) is 0 Å². The molecule has 4 heteroatoms. The van der Waals surface area contributed by atoms with E-state index < -0.39 is 0 Å². The van der Waals surface area contributed by atoms with E-state index in [0.29, 0.717) is 5.92 Å². The Kier molecular flexibility index (Phi) is 2.60. The van der Waals surface area contributed by atoms with Crippen LogP contribution in [-0.2, 0) is 6.42 Å². The van der Waals surface area contributed by atoms with E-state index in [1.807, 2.05) is 0 Å². The molecule has 72 valence electrons. The molecule has 0 bridgehead atoms. The summed E-state index contributed by atoms with van der Waals surface area (Å²) in [6.07, 6.45) is 3.32. The van der Waals surface area contributed by atoms with Gasteiger partial charge in [0.2, 0.25) is 0 Å². The van der Waals surface area contributed by atoms with E-state index in [0.717, 1.165) is 30.3 Å². The van der Waals surface area contributed by atoms with Crippen LogP contribution in [0.15, 0.2) is 0 Å². The van der Waals surface area contributed by atoms with Crippen LogP contribution in [0.2, 0.25) is 0 Å². The monoisotopic (exact) mass is 197 g/mol. The topological polar surface area (TPSA) is 51.8 Å². The highest BCUT2D eigenvalue weighted by atomic mass is 32.1. The van der Waals surface area contributed by atoms with E-state index in [1.54, 1.807) is 11.3 Å². The highest BCUT2D eigenvalue weighted by Crippen LogP contribution is 2.47. The van der Waals surface area contributed by atoms with Crippen molar-refractivity contribution in [1.82, 2.24) is 10.2 Å². The van der Waals surface area contributed by atoms with Crippen molar-refractivity contribution >= 4 is 11.3 Å². The third-order valence-corrected chi connectivity index (χ3v) is 3.62. The second-order valence-electron chi connectivity index (χ2n) is 3.75. The summed E-state index contributed by atoms with van der Waals surface area (Å²) in [5.74, 6) is 1.54. The number of aryl methyl sites for hydroxylation is 1. The highest BCUT2D eigenvalue weighted by Gasteiger charge is 2.36. The van der Waals surface area contributed by atoms with Crippen molar-refractivity contribution in [2.45, 2.75) is 32.1 Å². The smallest absolute Gasteiger partial charge is 0.120 e. The van der Waals surface area contributed by atoms with Crippen LogP contribution in [0.1, 0.15) is 35.7 Å². The molecule has 2 unspecified atom stereocenters. The lowest BCUT2D eigenvalue weighted by atomic mass is 10.3. The van der Waals surface area contributed by atoms with Gasteiger partial charge in [-0.25, -0.2) is 0 Å². The van der Waals surface area contributed by atoms with Gasteiger partial charge in [-0.3, -0.25) is 0 Å². The van der Waals surface area contributed by atoms with Crippen molar-refractivity contribution in [2.75, 3.05) is 6.54 Å². The number of nitrogens with zero attached hydrogens (tertiary/aromatic N) is 2. The van der Waals surface area contributed by atoms with Gasteiger partial charge < -0.3 is 5.73 Å². The Labute approximate surface area is 82.4 Å². The molecule has 0 spiro atoms. The maximum absolute atomic E-state index is 5.43. The van der Waals surface area contributed by atoms with Crippen molar-refractivity contribution in [3.63, 3.8) is 0 Å². The minimum Gasteiger partial charge on any atom is -0.330 e. The molecule has 2 N–H and O–H groups in total. The Morgan fingerprint density at radius 1 is 1.54 bits per heavy atom. The third kappa shape index (κ3) is 2.06. The first-order chi connectivity index (χ1) is 6.31. The molecule has 0 amide bonds. The normalized spacial score (nSPS) is 26.3. The zero-order chi connectivity index (χ0) is 9.26. The van der Waals surface area contributed by atoms with E-state index in [2.05, 4.69) is 17.1 Å². The second-order valence-corrected chi connectivity index (χ2v) is 4.84. The summed E-state index contributed by atoms with van der Waals surface area (Å²) in [6.45, 7) is 3.01. The van der Waals surface area contributed by atoms with E-state index in [9.17, 15) is 0 Å². The van der Waals surface area contributed by atoms with Crippen LogP contribution in [0.4, 0.5) is 0 Å². The van der Waals surface area contributed by atoms with Crippen molar-refractivity contribution in [3.05, 3.63) is 10.0 Å². The molecule has 2 rings (SSSR count). The lowest BCUT2D eigenvalue weighted by Crippen LogP contribution is -1.99. The molecule has 1 aliphatic rings. The first-order valence-corrected chi connectivity index (χ1v) is 5.65. The zero-order valence-electron chi connectivity index (χ0n) is 7.86. The number of nitrogens with two attached hydrogens (primary N) is 1. The molecule has 0 aromatic carbocycles. The van der Waals surface area contributed by atoms with Crippen molar-refractivity contribution in [3.8, 4) is 0 Å². The average Bonchev–Trinajstić information content (AvgIpc) is 2.67. The molecule has 3 nitrogen and oxygen atoms in total. The minimum absolute atomic E-state index is 0.712. The molecule has 1 aliphatic carbocycles. The van der Waals surface area contributed by atoms with Gasteiger partial charge in [0.1, 0.15) is 10.0 Å². The minimum atomic E-state index is 0.712. The SMILES string of the molecule is CC1CC1c1nnc(CCCN)s1. The Hall–Kier alpha value is -0.480. The lowest BCUT2D eigenvalue weighted by molar-refractivity contribution is 0.805. The van der Waals surface area contributed by atoms with E-state index >= 15 is 0 Å². The molecule has 1 fully saturated rings. The van der Waals surface area contributed by atoms with Crippen molar-refractivity contribution < 1.29 is 0 Å². The largest absolute Gasteiger partial charge is 0.330 e. The Balaban J connectivity index is 1.94. The molecule has 0 radical (unpaired) electrons. The Bertz CT molecular complexity index is 284. The van der Waals surface area contributed by atoms with Gasteiger partial charge >= 0.3 is 0 Å². The maximum atomic E-state index is 5.43.